The minimum atomic E-state index is -1.87. The second-order valence-corrected chi connectivity index (χ2v) is 24.5. The molecule has 0 N–H and O–H groups in total. The summed E-state index contributed by atoms with van der Waals surface area (Å²) in [6.07, 6.45) is 12.7. The van der Waals surface area contributed by atoms with Crippen LogP contribution in [-0.2, 0) is 26.5 Å². The summed E-state index contributed by atoms with van der Waals surface area (Å²) in [5.41, 5.74) is 10.3. The van der Waals surface area contributed by atoms with E-state index in [1.54, 1.807) is 16.2 Å². The van der Waals surface area contributed by atoms with Crippen LogP contribution in [0.1, 0.15) is 36.8 Å². The van der Waals surface area contributed by atoms with Gasteiger partial charge < -0.3 is 9.40 Å². The zero-order valence-electron chi connectivity index (χ0n) is 28.6. The summed E-state index contributed by atoms with van der Waals surface area (Å²) < 4.78 is 7.76. The van der Waals surface area contributed by atoms with Crippen molar-refractivity contribution in [3.63, 3.8) is 0 Å². The molecule has 4 aromatic heterocycles. The van der Waals surface area contributed by atoms with Gasteiger partial charge in [0.15, 0.2) is 0 Å². The SMILES string of the molecule is Cc1ccnc(-c2[c-]cc(-c3ccccc3)c3oc4ncccc4c23)c1.[CH3][Ge]([CH3])([CH3])[c]1cnc(-c2[c-]cccc2)cc1CC1CCCC1.[Ir]. The van der Waals surface area contributed by atoms with E-state index in [0.717, 1.165) is 61.5 Å². The number of aryl methyl sites for hydroxylation is 1. The summed E-state index contributed by atoms with van der Waals surface area (Å²) in [6, 6.07) is 37.5. The first kappa shape index (κ1) is 34.9. The van der Waals surface area contributed by atoms with Crippen molar-refractivity contribution < 1.29 is 24.5 Å². The van der Waals surface area contributed by atoms with Crippen LogP contribution in [0.25, 0.3) is 55.7 Å². The normalized spacial score (nSPS) is 13.2. The molecule has 0 atom stereocenters. The molecule has 0 bridgehead atoms. The summed E-state index contributed by atoms with van der Waals surface area (Å²) in [5, 5.41) is 1.99. The van der Waals surface area contributed by atoms with E-state index < -0.39 is 13.3 Å². The van der Waals surface area contributed by atoms with Crippen LogP contribution >= 0.6 is 0 Å². The van der Waals surface area contributed by atoms with E-state index in [0.29, 0.717) is 5.71 Å². The fraction of sp³-hybridized carbons (Fsp3) is 0.233. The average Bonchev–Trinajstić information content (AvgIpc) is 3.77. The monoisotopic (exact) mass is 882 g/mol. The minimum absolute atomic E-state index is 0. The Morgan fingerprint density at radius 2 is 1.61 bits per heavy atom. The molecule has 1 fully saturated rings. The first-order valence-electron chi connectivity index (χ1n) is 17.0. The van der Waals surface area contributed by atoms with E-state index in [-0.39, 0.29) is 20.1 Å². The Hall–Kier alpha value is -3.90. The van der Waals surface area contributed by atoms with Crippen LogP contribution in [0.2, 0.25) is 17.3 Å². The number of aromatic nitrogens is 3. The second-order valence-electron chi connectivity index (χ2n) is 13.9. The number of pyridine rings is 3. The Bertz CT molecular complexity index is 2170. The molecular weight excluding hydrogens is 839 g/mol. The molecule has 0 aliphatic heterocycles. The molecular formula is C43H41GeIrN3O-2. The largest absolute Gasteiger partial charge is 0 e. The van der Waals surface area contributed by atoms with Gasteiger partial charge in [-0.1, -0.05) is 64.5 Å². The van der Waals surface area contributed by atoms with Crippen LogP contribution in [-0.4, -0.2) is 28.2 Å². The summed E-state index contributed by atoms with van der Waals surface area (Å²) in [5.74, 6) is 8.31. The first-order chi connectivity index (χ1) is 23.3. The van der Waals surface area contributed by atoms with Gasteiger partial charge in [0, 0.05) is 37.9 Å². The Morgan fingerprint density at radius 1 is 0.816 bits per heavy atom. The van der Waals surface area contributed by atoms with Gasteiger partial charge in [-0.2, -0.15) is 0 Å². The van der Waals surface area contributed by atoms with Crippen molar-refractivity contribution in [2.24, 2.45) is 5.92 Å². The summed E-state index contributed by atoms with van der Waals surface area (Å²) in [4.78, 5) is 13.7. The van der Waals surface area contributed by atoms with E-state index in [1.807, 2.05) is 60.8 Å². The van der Waals surface area contributed by atoms with Crippen molar-refractivity contribution in [2.75, 3.05) is 0 Å². The molecule has 1 saturated carbocycles. The second kappa shape index (κ2) is 15.3. The van der Waals surface area contributed by atoms with E-state index >= 15 is 0 Å². The van der Waals surface area contributed by atoms with Crippen molar-refractivity contribution in [1.82, 2.24) is 15.0 Å². The van der Waals surface area contributed by atoms with Crippen LogP contribution in [0, 0.1) is 25.0 Å². The molecule has 249 valence electrons. The van der Waals surface area contributed by atoms with Crippen LogP contribution in [0.4, 0.5) is 0 Å². The molecule has 6 heteroatoms. The summed E-state index contributed by atoms with van der Waals surface area (Å²) in [6.45, 7) is 2.07. The molecule has 1 radical (unpaired) electrons. The molecule has 0 saturated heterocycles. The van der Waals surface area contributed by atoms with Gasteiger partial charge in [-0.05, 0) is 24.8 Å². The third-order valence-electron chi connectivity index (χ3n) is 9.34. The molecule has 8 rings (SSSR count). The first-order valence-corrected chi connectivity index (χ1v) is 24.4. The third kappa shape index (κ3) is 7.80. The third-order valence-corrected chi connectivity index (χ3v) is 13.7. The quantitative estimate of drug-likeness (QED) is 0.123. The number of hydrogen-bond donors (Lipinski definition) is 0. The van der Waals surface area contributed by atoms with Gasteiger partial charge in [0.25, 0.3) is 0 Å². The standard InChI is InChI=1S/C23H15N2O.C20H26GeN.Ir/c1-15-11-13-24-20(14-15)18-10-9-17(16-6-3-2-4-7-16)22-21(18)19-8-5-12-25-23(19)26-22;1-21(2,3)19-15-22-20(17-11-5-4-6-12-17)14-18(19)13-16-9-7-8-10-16;/h2-9,11-14H,1H3;4-6,11,14-16H,7-10,13H2,1-3H3;/q2*-1;. The Labute approximate surface area is 306 Å². The van der Waals surface area contributed by atoms with Gasteiger partial charge in [-0.15, -0.1) is 17.7 Å². The van der Waals surface area contributed by atoms with E-state index in [4.69, 9.17) is 9.40 Å². The van der Waals surface area contributed by atoms with Crippen molar-refractivity contribution in [2.45, 2.75) is 56.3 Å². The molecule has 4 heterocycles. The predicted molar refractivity (Wildman–Crippen MR) is 201 cm³/mol. The Morgan fingerprint density at radius 3 is 2.35 bits per heavy atom. The Balaban J connectivity index is 0.000000169. The van der Waals surface area contributed by atoms with Crippen molar-refractivity contribution in [3.8, 4) is 33.6 Å². The van der Waals surface area contributed by atoms with Crippen LogP contribution < -0.4 is 4.40 Å². The molecule has 1 aliphatic carbocycles. The van der Waals surface area contributed by atoms with Gasteiger partial charge >= 0.3 is 137 Å². The molecule has 4 nitrogen and oxygen atoms in total. The minimum Gasteiger partial charge on any atom is 0 e. The van der Waals surface area contributed by atoms with E-state index in [2.05, 4.69) is 88.9 Å². The zero-order chi connectivity index (χ0) is 33.1. The van der Waals surface area contributed by atoms with Gasteiger partial charge in [-0.25, -0.2) is 4.98 Å². The molecule has 7 aromatic rings. The Kier molecular flexibility index (Phi) is 10.9. The maximum Gasteiger partial charge on any atom is 0 e. The smallest absolute Gasteiger partial charge is 0 e. The fourth-order valence-electron chi connectivity index (χ4n) is 6.93. The maximum absolute atomic E-state index is 6.17. The van der Waals surface area contributed by atoms with Gasteiger partial charge in [0.05, 0.1) is 5.58 Å². The fourth-order valence-corrected chi connectivity index (χ4v) is 10.3. The van der Waals surface area contributed by atoms with Gasteiger partial charge in [0.1, 0.15) is 0 Å². The number of furan rings is 1. The zero-order valence-corrected chi connectivity index (χ0v) is 33.1. The van der Waals surface area contributed by atoms with Crippen LogP contribution in [0.3, 0.4) is 0 Å². The van der Waals surface area contributed by atoms with Crippen LogP contribution in [0.15, 0.2) is 114 Å². The molecule has 0 spiro atoms. The van der Waals surface area contributed by atoms with E-state index in [9.17, 15) is 0 Å². The summed E-state index contributed by atoms with van der Waals surface area (Å²) in [7, 11) is 0. The maximum atomic E-state index is 6.17. The van der Waals surface area contributed by atoms with Crippen molar-refractivity contribution in [1.29, 1.82) is 0 Å². The molecule has 1 aliphatic rings. The van der Waals surface area contributed by atoms with Gasteiger partial charge in [-0.3, -0.25) is 0 Å². The van der Waals surface area contributed by atoms with Gasteiger partial charge in [0.2, 0.25) is 5.71 Å². The predicted octanol–water partition coefficient (Wildman–Crippen LogP) is 10.6. The number of rotatable bonds is 6. The van der Waals surface area contributed by atoms with E-state index in [1.165, 1.54) is 32.1 Å². The molecule has 0 unspecified atom stereocenters. The molecule has 3 aromatic carbocycles. The van der Waals surface area contributed by atoms with Crippen molar-refractivity contribution in [3.05, 3.63) is 133 Å². The molecule has 0 amide bonds. The van der Waals surface area contributed by atoms with Crippen molar-refractivity contribution >= 4 is 39.7 Å². The number of nitrogens with zero attached hydrogens (tertiary/aromatic N) is 3. The topological polar surface area (TPSA) is 51.8 Å². The van der Waals surface area contributed by atoms with Crippen LogP contribution in [0.5, 0.6) is 0 Å². The number of hydrogen-bond acceptors (Lipinski definition) is 4. The average molecular weight is 881 g/mol. The number of benzene rings is 3. The summed E-state index contributed by atoms with van der Waals surface area (Å²) >= 11 is -1.87. The molecule has 49 heavy (non-hydrogen) atoms. The number of fused-ring (bicyclic) bond motifs is 3.